The number of ether oxygens (including phenoxy) is 1. The normalized spacial score (nSPS) is 24.3. The van der Waals surface area contributed by atoms with E-state index in [4.69, 9.17) is 4.74 Å². The molecule has 5 heteroatoms. The minimum Gasteiger partial charge on any atom is -0.490 e. The van der Waals surface area contributed by atoms with Gasteiger partial charge in [-0.1, -0.05) is 6.07 Å². The van der Waals surface area contributed by atoms with E-state index in [1.54, 1.807) is 6.07 Å². The molecule has 0 spiro atoms. The molecule has 3 nitrogen and oxygen atoms in total. The molecule has 0 saturated carbocycles. The molecule has 3 aliphatic rings. The monoisotopic (exact) mass is 328 g/mol. The van der Waals surface area contributed by atoms with Crippen LogP contribution in [0.25, 0.3) is 11.1 Å². The van der Waals surface area contributed by atoms with Crippen LogP contribution in [0.2, 0.25) is 0 Å². The van der Waals surface area contributed by atoms with Crippen LogP contribution in [-0.2, 0) is 0 Å². The maximum absolute atomic E-state index is 13.6. The lowest BCUT2D eigenvalue weighted by Gasteiger charge is -2.36. The molecule has 5 rings (SSSR count). The Morgan fingerprint density at radius 3 is 2.88 bits per heavy atom. The molecule has 0 unspecified atom stereocenters. The van der Waals surface area contributed by atoms with Crippen molar-refractivity contribution in [3.8, 4) is 16.9 Å². The van der Waals surface area contributed by atoms with Gasteiger partial charge in [0.15, 0.2) is 11.6 Å². The number of hydrogen-bond donors (Lipinski definition) is 1. The first kappa shape index (κ1) is 14.2. The second kappa shape index (κ2) is 5.18. The van der Waals surface area contributed by atoms with Crippen molar-refractivity contribution in [3.63, 3.8) is 0 Å². The molecular weight excluding hydrogens is 310 g/mol. The van der Waals surface area contributed by atoms with Crippen LogP contribution in [0.15, 0.2) is 30.3 Å². The van der Waals surface area contributed by atoms with Gasteiger partial charge in [0, 0.05) is 18.5 Å². The lowest BCUT2D eigenvalue weighted by Crippen LogP contribution is -2.46. The molecule has 24 heavy (non-hydrogen) atoms. The Hall–Kier alpha value is -2.14. The lowest BCUT2D eigenvalue weighted by molar-refractivity contribution is 0.295. The van der Waals surface area contributed by atoms with E-state index in [-0.39, 0.29) is 0 Å². The Kier molecular flexibility index (Phi) is 3.07. The summed E-state index contributed by atoms with van der Waals surface area (Å²) < 4.78 is 32.8. The number of fused-ring (bicyclic) bond motifs is 3. The Balaban J connectivity index is 1.67. The minimum absolute atomic E-state index is 0.430. The van der Waals surface area contributed by atoms with Gasteiger partial charge in [-0.15, -0.1) is 0 Å². The molecule has 2 aromatic carbocycles. The number of hydrogen-bond acceptors (Lipinski definition) is 3. The third-order valence-electron chi connectivity index (χ3n) is 5.48. The van der Waals surface area contributed by atoms with Crippen molar-refractivity contribution in [1.29, 1.82) is 0 Å². The van der Waals surface area contributed by atoms with Crippen LogP contribution in [-0.4, -0.2) is 32.3 Å². The van der Waals surface area contributed by atoms with E-state index in [0.29, 0.717) is 24.1 Å². The van der Waals surface area contributed by atoms with Crippen LogP contribution in [0.1, 0.15) is 17.9 Å². The second-order valence-corrected chi connectivity index (χ2v) is 6.75. The molecule has 124 valence electrons. The molecule has 0 aromatic heterocycles. The van der Waals surface area contributed by atoms with Crippen molar-refractivity contribution >= 4 is 5.69 Å². The van der Waals surface area contributed by atoms with E-state index in [1.165, 1.54) is 23.4 Å². The van der Waals surface area contributed by atoms with E-state index in [2.05, 4.69) is 16.3 Å². The molecule has 0 aliphatic carbocycles. The fraction of sp³-hybridized carbons (Fsp3) is 0.368. The maximum atomic E-state index is 13.6. The summed E-state index contributed by atoms with van der Waals surface area (Å²) in [4.78, 5) is 2.48. The van der Waals surface area contributed by atoms with Gasteiger partial charge < -0.3 is 15.0 Å². The fourth-order valence-corrected chi connectivity index (χ4v) is 4.40. The summed E-state index contributed by atoms with van der Waals surface area (Å²) in [5.74, 6) is -0.339. The second-order valence-electron chi connectivity index (χ2n) is 6.75. The van der Waals surface area contributed by atoms with Crippen LogP contribution >= 0.6 is 0 Å². The first-order valence-corrected chi connectivity index (χ1v) is 8.46. The van der Waals surface area contributed by atoms with Gasteiger partial charge in [0.2, 0.25) is 0 Å². The lowest BCUT2D eigenvalue weighted by atomic mass is 9.88. The molecule has 0 radical (unpaired) electrons. The van der Waals surface area contributed by atoms with E-state index in [0.717, 1.165) is 37.4 Å². The Bertz CT molecular complexity index is 823. The Morgan fingerprint density at radius 2 is 2.00 bits per heavy atom. The summed E-state index contributed by atoms with van der Waals surface area (Å²) >= 11 is 0. The average molecular weight is 328 g/mol. The van der Waals surface area contributed by atoms with Gasteiger partial charge in [0.05, 0.1) is 12.2 Å². The van der Waals surface area contributed by atoms with E-state index in [1.807, 2.05) is 6.07 Å². The van der Waals surface area contributed by atoms with Crippen molar-refractivity contribution in [2.24, 2.45) is 0 Å². The highest BCUT2D eigenvalue weighted by Gasteiger charge is 2.43. The molecular formula is C19H18F2N2O. The van der Waals surface area contributed by atoms with Crippen molar-refractivity contribution < 1.29 is 13.5 Å². The van der Waals surface area contributed by atoms with E-state index in [9.17, 15) is 8.78 Å². The smallest absolute Gasteiger partial charge is 0.159 e. The van der Waals surface area contributed by atoms with Gasteiger partial charge in [0.1, 0.15) is 12.4 Å². The number of piperidine rings is 1. The van der Waals surface area contributed by atoms with Crippen molar-refractivity contribution in [2.75, 3.05) is 31.1 Å². The van der Waals surface area contributed by atoms with E-state index >= 15 is 0 Å². The zero-order chi connectivity index (χ0) is 16.3. The number of nitrogens with zero attached hydrogens (tertiary/aromatic N) is 1. The van der Waals surface area contributed by atoms with E-state index < -0.39 is 11.6 Å². The van der Waals surface area contributed by atoms with Crippen molar-refractivity contribution in [1.82, 2.24) is 5.32 Å². The highest BCUT2D eigenvalue weighted by Crippen LogP contribution is 2.51. The predicted molar refractivity (Wildman–Crippen MR) is 88.7 cm³/mol. The van der Waals surface area contributed by atoms with Crippen LogP contribution in [0.3, 0.4) is 0 Å². The molecule has 1 N–H and O–H groups in total. The molecule has 0 bridgehead atoms. The van der Waals surface area contributed by atoms with Gasteiger partial charge in [-0.2, -0.15) is 0 Å². The van der Waals surface area contributed by atoms with Crippen molar-refractivity contribution in [2.45, 2.75) is 18.4 Å². The first-order valence-electron chi connectivity index (χ1n) is 8.46. The first-order chi connectivity index (χ1) is 11.7. The van der Waals surface area contributed by atoms with Crippen LogP contribution in [0, 0.1) is 11.6 Å². The average Bonchev–Trinajstić information content (AvgIpc) is 2.94. The molecule has 1 saturated heterocycles. The quantitative estimate of drug-likeness (QED) is 0.869. The van der Waals surface area contributed by atoms with Crippen LogP contribution in [0.4, 0.5) is 14.5 Å². The van der Waals surface area contributed by atoms with Crippen molar-refractivity contribution in [3.05, 3.63) is 47.5 Å². The molecule has 3 heterocycles. The van der Waals surface area contributed by atoms with Gasteiger partial charge in [-0.05, 0) is 53.9 Å². The minimum atomic E-state index is -0.819. The summed E-state index contributed by atoms with van der Waals surface area (Å²) in [5.41, 5.74) is 4.03. The standard InChI is InChI=1S/C19H18F2N2O/c20-15-2-1-11(8-16(15)21)12-7-13-14-10-22-4-3-17(14)23-5-6-24-18(9-12)19(13)23/h1-2,7-9,14,17,22H,3-6,10H2/t14-,17-/m0/s1. The number of halogens is 2. The summed E-state index contributed by atoms with van der Waals surface area (Å²) in [7, 11) is 0. The van der Waals surface area contributed by atoms with Gasteiger partial charge in [-0.3, -0.25) is 0 Å². The predicted octanol–water partition coefficient (Wildman–Crippen LogP) is 3.29. The summed E-state index contributed by atoms with van der Waals surface area (Å²) in [6.07, 6.45) is 1.12. The van der Waals surface area contributed by atoms with Gasteiger partial charge in [0.25, 0.3) is 0 Å². The number of nitrogens with one attached hydrogen (secondary N) is 1. The largest absolute Gasteiger partial charge is 0.490 e. The highest BCUT2D eigenvalue weighted by molar-refractivity contribution is 5.79. The number of benzene rings is 2. The van der Waals surface area contributed by atoms with Crippen LogP contribution in [0.5, 0.6) is 5.75 Å². The third-order valence-corrected chi connectivity index (χ3v) is 5.48. The van der Waals surface area contributed by atoms with Gasteiger partial charge >= 0.3 is 0 Å². The molecule has 2 atom stereocenters. The molecule has 2 aromatic rings. The number of anilines is 1. The van der Waals surface area contributed by atoms with Gasteiger partial charge in [-0.25, -0.2) is 8.78 Å². The maximum Gasteiger partial charge on any atom is 0.159 e. The SMILES string of the molecule is Fc1ccc(-c2cc3c4c(c2)[C@@H]2CNCC[C@@H]2N4CCO3)cc1F. The molecule has 0 amide bonds. The zero-order valence-electron chi connectivity index (χ0n) is 13.2. The molecule has 1 fully saturated rings. The topological polar surface area (TPSA) is 24.5 Å². The van der Waals surface area contributed by atoms with Crippen LogP contribution < -0.4 is 15.0 Å². The summed E-state index contributed by atoms with van der Waals surface area (Å²) in [6.45, 7) is 3.59. The fourth-order valence-electron chi connectivity index (χ4n) is 4.40. The Morgan fingerprint density at radius 1 is 1.08 bits per heavy atom. The zero-order valence-corrected chi connectivity index (χ0v) is 13.2. The summed E-state index contributed by atoms with van der Waals surface area (Å²) in [5, 5.41) is 3.48. The highest BCUT2D eigenvalue weighted by atomic mass is 19.2. The third kappa shape index (κ3) is 1.97. The molecule has 3 aliphatic heterocycles. The number of rotatable bonds is 1. The summed E-state index contributed by atoms with van der Waals surface area (Å²) in [6, 6.07) is 8.67. The Labute approximate surface area is 139 Å².